The SMILES string of the molecule is C=C(C)C(=O)OC(C(F)(F)C(F)(F)C(F)(F)C(F)(F)F)C(F)(F)C(O)(C(F)F)C(F)(F)F. The lowest BCUT2D eigenvalue weighted by molar-refractivity contribution is -0.435. The Labute approximate surface area is 165 Å². The highest BCUT2D eigenvalue weighted by Gasteiger charge is 2.89. The molecule has 0 aliphatic carbocycles. The lowest BCUT2D eigenvalue weighted by atomic mass is 9.84. The molecule has 32 heavy (non-hydrogen) atoms. The third-order valence-electron chi connectivity index (χ3n) is 3.66. The Bertz CT molecular complexity index is 722. The van der Waals surface area contributed by atoms with E-state index >= 15 is 0 Å². The van der Waals surface area contributed by atoms with Crippen molar-refractivity contribution in [1.82, 2.24) is 0 Å². The number of carbonyl (C=O) groups excluding carboxylic acids is 1. The summed E-state index contributed by atoms with van der Waals surface area (Å²) in [5.74, 6) is -34.4. The van der Waals surface area contributed by atoms with E-state index < -0.39 is 65.7 Å². The number of rotatable bonds is 8. The van der Waals surface area contributed by atoms with Gasteiger partial charge in [-0.2, -0.15) is 61.5 Å². The third-order valence-corrected chi connectivity index (χ3v) is 3.66. The zero-order valence-corrected chi connectivity index (χ0v) is 14.7. The fraction of sp³-hybridized carbons (Fsp3) is 0.769. The second-order valence-electron chi connectivity index (χ2n) is 6.02. The molecule has 190 valence electrons. The molecule has 2 unspecified atom stereocenters. The van der Waals surface area contributed by atoms with Gasteiger partial charge in [-0.25, -0.2) is 13.6 Å². The van der Waals surface area contributed by atoms with Crippen LogP contribution in [0.15, 0.2) is 12.2 Å². The van der Waals surface area contributed by atoms with Crippen LogP contribution in [0.1, 0.15) is 6.92 Å². The summed E-state index contributed by atoms with van der Waals surface area (Å²) in [5.41, 5.74) is -8.52. The van der Waals surface area contributed by atoms with Gasteiger partial charge in [-0.3, -0.25) is 0 Å². The molecular weight excluding hydrogens is 508 g/mol. The summed E-state index contributed by atoms with van der Waals surface area (Å²) >= 11 is 0. The number of carbonyl (C=O) groups is 1. The van der Waals surface area contributed by atoms with Crippen molar-refractivity contribution in [3.05, 3.63) is 12.2 Å². The molecule has 0 rings (SSSR count). The first-order valence-corrected chi connectivity index (χ1v) is 7.17. The molecule has 0 fully saturated rings. The standard InChI is InChI=1S/C13H8F16O3/c1-3(2)4(30)32-5(8(16,17)7(31,6(14)15)12(24,25)26)9(18,19)10(20,21)11(22,23)13(27,28)29/h5-6,31H,1H2,2H3. The highest BCUT2D eigenvalue weighted by atomic mass is 19.4. The smallest absolute Gasteiger partial charge is 0.446 e. The van der Waals surface area contributed by atoms with Crippen LogP contribution in [-0.4, -0.2) is 65.2 Å². The molecule has 0 aliphatic rings. The van der Waals surface area contributed by atoms with Gasteiger partial charge in [-0.1, -0.05) is 6.58 Å². The molecule has 0 aromatic carbocycles. The van der Waals surface area contributed by atoms with Gasteiger partial charge in [0.2, 0.25) is 6.10 Å². The van der Waals surface area contributed by atoms with Crippen LogP contribution in [0.25, 0.3) is 0 Å². The minimum Gasteiger partial charge on any atom is -0.446 e. The van der Waals surface area contributed by atoms with Gasteiger partial charge in [0.25, 0.3) is 12.0 Å². The summed E-state index contributed by atoms with van der Waals surface area (Å²) in [5, 5.41) is 8.74. The maximum Gasteiger partial charge on any atom is 0.460 e. The quantitative estimate of drug-likeness (QED) is 0.277. The van der Waals surface area contributed by atoms with E-state index in [0.717, 1.165) is 0 Å². The molecule has 0 aliphatic heterocycles. The molecule has 0 aromatic heterocycles. The van der Waals surface area contributed by atoms with Crippen LogP contribution in [0.2, 0.25) is 0 Å². The summed E-state index contributed by atoms with van der Waals surface area (Å²) in [6, 6.07) is 0. The van der Waals surface area contributed by atoms with Gasteiger partial charge in [0.15, 0.2) is 0 Å². The molecular formula is C13H8F16O3. The zero-order chi connectivity index (χ0) is 26.5. The molecule has 19 heteroatoms. The van der Waals surface area contributed by atoms with Gasteiger partial charge in [-0.05, 0) is 6.92 Å². The van der Waals surface area contributed by atoms with E-state index in [4.69, 9.17) is 5.11 Å². The average molecular weight is 516 g/mol. The van der Waals surface area contributed by atoms with Gasteiger partial charge in [0.1, 0.15) is 0 Å². The van der Waals surface area contributed by atoms with E-state index in [9.17, 15) is 75.0 Å². The maximum absolute atomic E-state index is 14.1. The van der Waals surface area contributed by atoms with Crippen molar-refractivity contribution in [2.24, 2.45) is 0 Å². The molecule has 2 atom stereocenters. The molecule has 0 bridgehead atoms. The van der Waals surface area contributed by atoms with Crippen LogP contribution in [0.3, 0.4) is 0 Å². The van der Waals surface area contributed by atoms with E-state index in [1.165, 1.54) is 0 Å². The van der Waals surface area contributed by atoms with Crippen molar-refractivity contribution in [2.75, 3.05) is 0 Å². The molecule has 0 saturated carbocycles. The normalized spacial score (nSPS) is 17.7. The van der Waals surface area contributed by atoms with E-state index in [1.807, 2.05) is 0 Å². The van der Waals surface area contributed by atoms with Crippen molar-refractivity contribution in [3.8, 4) is 0 Å². The van der Waals surface area contributed by atoms with E-state index in [-0.39, 0.29) is 0 Å². The van der Waals surface area contributed by atoms with Crippen LogP contribution >= 0.6 is 0 Å². The van der Waals surface area contributed by atoms with Crippen LogP contribution in [0.5, 0.6) is 0 Å². The minimum atomic E-state index is -8.14. The molecule has 0 radical (unpaired) electrons. The fourth-order valence-corrected chi connectivity index (χ4v) is 1.79. The van der Waals surface area contributed by atoms with Gasteiger partial charge in [0.05, 0.1) is 0 Å². The third kappa shape index (κ3) is 4.30. The Kier molecular flexibility index (Phi) is 7.63. The summed E-state index contributed by atoms with van der Waals surface area (Å²) in [6.45, 7) is 2.76. The number of esters is 1. The predicted octanol–water partition coefficient (Wildman–Crippen LogP) is 5.14. The van der Waals surface area contributed by atoms with Crippen molar-refractivity contribution < 1.29 is 84.9 Å². The Balaban J connectivity index is 7.24. The first-order valence-electron chi connectivity index (χ1n) is 7.17. The minimum absolute atomic E-state index is 0.307. The Morgan fingerprint density at radius 2 is 1.12 bits per heavy atom. The van der Waals surface area contributed by atoms with E-state index in [0.29, 0.717) is 6.92 Å². The van der Waals surface area contributed by atoms with Crippen LogP contribution in [0, 0.1) is 0 Å². The van der Waals surface area contributed by atoms with Crippen molar-refractivity contribution >= 4 is 5.97 Å². The van der Waals surface area contributed by atoms with E-state index in [2.05, 4.69) is 11.3 Å². The van der Waals surface area contributed by atoms with Crippen LogP contribution < -0.4 is 0 Å². The number of ether oxygens (including phenoxy) is 1. The summed E-state index contributed by atoms with van der Waals surface area (Å²) in [7, 11) is 0. The van der Waals surface area contributed by atoms with Crippen molar-refractivity contribution in [2.45, 2.75) is 61.1 Å². The zero-order valence-electron chi connectivity index (χ0n) is 14.7. The highest BCUT2D eigenvalue weighted by Crippen LogP contribution is 2.59. The molecule has 0 heterocycles. The van der Waals surface area contributed by atoms with Crippen LogP contribution in [-0.2, 0) is 9.53 Å². The first-order chi connectivity index (χ1) is 13.7. The summed E-state index contributed by atoms with van der Waals surface area (Å²) in [6.07, 6.45) is -27.1. The van der Waals surface area contributed by atoms with Gasteiger partial charge in [-0.15, -0.1) is 0 Å². The van der Waals surface area contributed by atoms with Gasteiger partial charge >= 0.3 is 42.0 Å². The average Bonchev–Trinajstić information content (AvgIpc) is 2.55. The molecule has 3 nitrogen and oxygen atoms in total. The number of alkyl halides is 16. The Morgan fingerprint density at radius 1 is 0.750 bits per heavy atom. The summed E-state index contributed by atoms with van der Waals surface area (Å²) in [4.78, 5) is 11.2. The summed E-state index contributed by atoms with van der Waals surface area (Å²) < 4.78 is 212. The lowest BCUT2D eigenvalue weighted by Crippen LogP contribution is -2.75. The molecule has 0 amide bonds. The van der Waals surface area contributed by atoms with E-state index in [1.54, 1.807) is 0 Å². The number of hydrogen-bond acceptors (Lipinski definition) is 3. The Hall–Kier alpha value is -1.95. The van der Waals surface area contributed by atoms with Gasteiger partial charge in [0, 0.05) is 5.57 Å². The molecule has 0 aromatic rings. The highest BCUT2D eigenvalue weighted by molar-refractivity contribution is 5.87. The number of halogens is 16. The lowest BCUT2D eigenvalue weighted by Gasteiger charge is -2.44. The van der Waals surface area contributed by atoms with Crippen LogP contribution in [0.4, 0.5) is 70.2 Å². The van der Waals surface area contributed by atoms with Crippen molar-refractivity contribution in [3.63, 3.8) is 0 Å². The fourth-order valence-electron chi connectivity index (χ4n) is 1.79. The molecule has 0 saturated heterocycles. The number of hydrogen-bond donors (Lipinski definition) is 1. The van der Waals surface area contributed by atoms with Crippen molar-refractivity contribution in [1.29, 1.82) is 0 Å². The predicted molar refractivity (Wildman–Crippen MR) is 67.5 cm³/mol. The molecule has 0 spiro atoms. The largest absolute Gasteiger partial charge is 0.460 e. The second kappa shape index (κ2) is 8.12. The number of aliphatic hydroxyl groups is 1. The monoisotopic (exact) mass is 516 g/mol. The molecule has 1 N–H and O–H groups in total. The topological polar surface area (TPSA) is 46.5 Å². The second-order valence-corrected chi connectivity index (χ2v) is 6.02. The first kappa shape index (κ1) is 30.1. The Morgan fingerprint density at radius 3 is 1.38 bits per heavy atom. The maximum atomic E-state index is 14.1. The van der Waals surface area contributed by atoms with Gasteiger partial charge < -0.3 is 9.84 Å².